The molecule has 0 aliphatic heterocycles. The first-order valence-corrected chi connectivity index (χ1v) is 12.3. The molecule has 0 spiro atoms. The van der Waals surface area contributed by atoms with Crippen LogP contribution in [0.3, 0.4) is 0 Å². The van der Waals surface area contributed by atoms with E-state index >= 15 is 0 Å². The number of ether oxygens (including phenoxy) is 1. The molecule has 1 heterocycles. The third-order valence-corrected chi connectivity index (χ3v) is 6.20. The summed E-state index contributed by atoms with van der Waals surface area (Å²) in [5.41, 5.74) is 7.69. The van der Waals surface area contributed by atoms with E-state index in [4.69, 9.17) is 16.3 Å². The van der Waals surface area contributed by atoms with Crippen molar-refractivity contribution in [2.24, 2.45) is 18.6 Å². The van der Waals surface area contributed by atoms with Crippen molar-refractivity contribution < 1.29 is 17.5 Å². The lowest BCUT2D eigenvalue weighted by atomic mass is 10.1. The standard InChI is InChI=1S/C20H22FN5O3S.2C2H6/c1-25-17(12-24-20(25)30(27,28)16-6-4-3-5-7-16)19(26(23)13-29-2)18(22)14-8-10-15(21)11-9-14;2*1-2/h3-12H,13,22-23H2,1-2H3;2*1-2H3/b19-18-;;. The fourth-order valence-corrected chi connectivity index (χ4v) is 4.35. The van der Waals surface area contributed by atoms with Gasteiger partial charge in [-0.1, -0.05) is 45.9 Å². The Balaban J connectivity index is 0.00000137. The van der Waals surface area contributed by atoms with Gasteiger partial charge in [-0.2, -0.15) is 0 Å². The molecule has 0 saturated heterocycles. The molecule has 1 aromatic heterocycles. The SMILES string of the molecule is CC.CC.COCN(N)/C(=C(\N)c1ccc(F)cc1)c1cnc(S(=O)(=O)c2ccccc2)n1C. The smallest absolute Gasteiger partial charge is 0.240 e. The highest BCUT2D eigenvalue weighted by Gasteiger charge is 2.27. The molecule has 0 atom stereocenters. The molecule has 186 valence electrons. The molecule has 0 bridgehead atoms. The van der Waals surface area contributed by atoms with Crippen LogP contribution in [0.2, 0.25) is 0 Å². The minimum Gasteiger partial charge on any atom is -0.396 e. The van der Waals surface area contributed by atoms with Gasteiger partial charge in [-0.25, -0.2) is 23.6 Å². The Kier molecular flexibility index (Phi) is 11.4. The van der Waals surface area contributed by atoms with Crippen molar-refractivity contribution in [2.45, 2.75) is 37.7 Å². The molecule has 0 saturated carbocycles. The first-order chi connectivity index (χ1) is 16.3. The number of hydrogen-bond donors (Lipinski definition) is 2. The average molecular weight is 492 g/mol. The Morgan fingerprint density at radius 2 is 1.62 bits per heavy atom. The third kappa shape index (κ3) is 6.43. The molecule has 3 rings (SSSR count). The summed E-state index contributed by atoms with van der Waals surface area (Å²) >= 11 is 0. The third-order valence-electron chi connectivity index (χ3n) is 4.45. The van der Waals surface area contributed by atoms with E-state index < -0.39 is 15.7 Å². The van der Waals surface area contributed by atoms with Crippen LogP contribution in [0.5, 0.6) is 0 Å². The Hall–Kier alpha value is -3.21. The quantitative estimate of drug-likeness (QED) is 0.291. The van der Waals surface area contributed by atoms with Crippen LogP contribution < -0.4 is 11.6 Å². The molecule has 0 aliphatic rings. The van der Waals surface area contributed by atoms with E-state index in [0.29, 0.717) is 11.3 Å². The van der Waals surface area contributed by atoms with E-state index in [0.717, 1.165) is 0 Å². The van der Waals surface area contributed by atoms with Gasteiger partial charge in [-0.15, -0.1) is 0 Å². The molecular formula is C24H34FN5O3S. The predicted molar refractivity (Wildman–Crippen MR) is 133 cm³/mol. The maximum absolute atomic E-state index is 13.3. The number of imidazole rings is 1. The second-order valence-electron chi connectivity index (χ2n) is 6.46. The van der Waals surface area contributed by atoms with E-state index in [1.54, 1.807) is 25.2 Å². The number of halogens is 1. The topological polar surface area (TPSA) is 116 Å². The number of hydrazine groups is 1. The maximum atomic E-state index is 13.3. The van der Waals surface area contributed by atoms with Gasteiger partial charge in [0.25, 0.3) is 0 Å². The first-order valence-electron chi connectivity index (χ1n) is 10.9. The number of aromatic nitrogens is 2. The van der Waals surface area contributed by atoms with E-state index in [1.165, 1.54) is 59.3 Å². The molecule has 0 amide bonds. The molecule has 4 N–H and O–H groups in total. The number of nitrogens with zero attached hydrogens (tertiary/aromatic N) is 3. The van der Waals surface area contributed by atoms with Gasteiger partial charge >= 0.3 is 0 Å². The number of benzene rings is 2. The van der Waals surface area contributed by atoms with Crippen LogP contribution in [-0.4, -0.2) is 36.8 Å². The van der Waals surface area contributed by atoms with Gasteiger partial charge in [-0.3, -0.25) is 5.01 Å². The molecule has 3 aromatic rings. The second-order valence-corrected chi connectivity index (χ2v) is 8.30. The number of methoxy groups -OCH3 is 1. The summed E-state index contributed by atoms with van der Waals surface area (Å²) in [6.07, 6.45) is 1.37. The fourth-order valence-electron chi connectivity index (χ4n) is 2.98. The van der Waals surface area contributed by atoms with E-state index in [1.807, 2.05) is 27.7 Å². The molecule has 0 fully saturated rings. The predicted octanol–water partition coefficient (Wildman–Crippen LogP) is 4.01. The van der Waals surface area contributed by atoms with E-state index in [2.05, 4.69) is 4.98 Å². The molecule has 0 aliphatic carbocycles. The van der Waals surface area contributed by atoms with Crippen LogP contribution in [0.25, 0.3) is 11.4 Å². The van der Waals surface area contributed by atoms with Gasteiger partial charge in [-0.05, 0) is 42.0 Å². The average Bonchev–Trinajstić information content (AvgIpc) is 3.24. The van der Waals surface area contributed by atoms with Crippen molar-refractivity contribution in [2.75, 3.05) is 13.8 Å². The summed E-state index contributed by atoms with van der Waals surface area (Å²) in [6, 6.07) is 13.5. The van der Waals surface area contributed by atoms with Gasteiger partial charge in [0.1, 0.15) is 18.2 Å². The molecule has 8 nitrogen and oxygen atoms in total. The van der Waals surface area contributed by atoms with Crippen molar-refractivity contribution in [1.82, 2.24) is 14.6 Å². The number of sulfone groups is 1. The maximum Gasteiger partial charge on any atom is 0.240 e. The number of hydrogen-bond acceptors (Lipinski definition) is 7. The van der Waals surface area contributed by atoms with Gasteiger partial charge < -0.3 is 15.0 Å². The highest BCUT2D eigenvalue weighted by Crippen LogP contribution is 2.28. The summed E-state index contributed by atoms with van der Waals surface area (Å²) in [4.78, 5) is 4.23. The Morgan fingerprint density at radius 1 is 1.06 bits per heavy atom. The van der Waals surface area contributed by atoms with Crippen LogP contribution in [0.15, 0.2) is 70.8 Å². The fraction of sp³-hybridized carbons (Fsp3) is 0.292. The van der Waals surface area contributed by atoms with E-state index in [-0.39, 0.29) is 28.2 Å². The van der Waals surface area contributed by atoms with Crippen molar-refractivity contribution in [3.05, 3.63) is 77.9 Å². The molecule has 34 heavy (non-hydrogen) atoms. The van der Waals surface area contributed by atoms with Gasteiger partial charge in [0.05, 0.1) is 22.5 Å². The Morgan fingerprint density at radius 3 is 2.15 bits per heavy atom. The van der Waals surface area contributed by atoms with E-state index in [9.17, 15) is 12.8 Å². The Bertz CT molecular complexity index is 1160. The van der Waals surface area contributed by atoms with Crippen LogP contribution >= 0.6 is 0 Å². The zero-order valence-electron chi connectivity index (χ0n) is 20.5. The molecule has 10 heteroatoms. The minimum atomic E-state index is -3.87. The number of rotatable bonds is 7. The molecular weight excluding hydrogens is 457 g/mol. The van der Waals surface area contributed by atoms with Crippen molar-refractivity contribution in [3.63, 3.8) is 0 Å². The number of nitrogens with two attached hydrogens (primary N) is 2. The van der Waals surface area contributed by atoms with Gasteiger partial charge in [0, 0.05) is 14.2 Å². The largest absolute Gasteiger partial charge is 0.396 e. The summed E-state index contributed by atoms with van der Waals surface area (Å²) in [5.74, 6) is 5.72. The molecule has 0 unspecified atom stereocenters. The first kappa shape index (κ1) is 28.8. The zero-order chi connectivity index (χ0) is 25.9. The van der Waals surface area contributed by atoms with Gasteiger partial charge in [0.15, 0.2) is 0 Å². The highest BCUT2D eigenvalue weighted by molar-refractivity contribution is 7.91. The van der Waals surface area contributed by atoms with Crippen molar-refractivity contribution in [3.8, 4) is 0 Å². The summed E-state index contributed by atoms with van der Waals surface area (Å²) < 4.78 is 45.9. The van der Waals surface area contributed by atoms with Crippen LogP contribution in [-0.2, 0) is 21.6 Å². The van der Waals surface area contributed by atoms with Crippen molar-refractivity contribution in [1.29, 1.82) is 0 Å². The summed E-state index contributed by atoms with van der Waals surface area (Å²) in [6.45, 7) is 7.98. The lowest BCUT2D eigenvalue weighted by Gasteiger charge is -2.23. The lowest BCUT2D eigenvalue weighted by molar-refractivity contribution is 0.103. The molecule has 2 aromatic carbocycles. The van der Waals surface area contributed by atoms with Crippen LogP contribution in [0.1, 0.15) is 39.0 Å². The normalized spacial score (nSPS) is 11.4. The van der Waals surface area contributed by atoms with Crippen molar-refractivity contribution >= 4 is 21.2 Å². The summed E-state index contributed by atoms with van der Waals surface area (Å²) in [5, 5.41) is 1.06. The monoisotopic (exact) mass is 491 g/mol. The zero-order valence-corrected chi connectivity index (χ0v) is 21.3. The minimum absolute atomic E-state index is 0.0246. The summed E-state index contributed by atoms with van der Waals surface area (Å²) in [7, 11) is -0.857. The second kappa shape index (κ2) is 13.5. The van der Waals surface area contributed by atoms with Crippen LogP contribution in [0, 0.1) is 5.82 Å². The highest BCUT2D eigenvalue weighted by atomic mass is 32.2. The van der Waals surface area contributed by atoms with Crippen LogP contribution in [0.4, 0.5) is 4.39 Å². The molecule has 0 radical (unpaired) electrons. The lowest BCUT2D eigenvalue weighted by Crippen LogP contribution is -2.33. The van der Waals surface area contributed by atoms with Gasteiger partial charge in [0.2, 0.25) is 15.0 Å². The Labute approximate surface area is 201 Å².